The van der Waals surface area contributed by atoms with Crippen molar-refractivity contribution in [1.29, 1.82) is 0 Å². The van der Waals surface area contributed by atoms with Crippen LogP contribution in [-0.2, 0) is 0 Å². The van der Waals surface area contributed by atoms with Crippen LogP contribution in [0.25, 0.3) is 0 Å². The summed E-state index contributed by atoms with van der Waals surface area (Å²) in [6.45, 7) is 3.56. The molecule has 0 atom stereocenters. The van der Waals surface area contributed by atoms with Crippen molar-refractivity contribution in [2.24, 2.45) is 0 Å². The summed E-state index contributed by atoms with van der Waals surface area (Å²) < 4.78 is 18.7. The highest BCUT2D eigenvalue weighted by Gasteiger charge is 2.33. The zero-order valence-corrected chi connectivity index (χ0v) is 8.13. The Hall–Kier alpha value is -1.38. The molecule has 0 radical (unpaired) electrons. The zero-order valence-electron chi connectivity index (χ0n) is 8.13. The van der Waals surface area contributed by atoms with Gasteiger partial charge >= 0.3 is 0 Å². The molecule has 1 aliphatic rings. The third-order valence-electron chi connectivity index (χ3n) is 2.23. The van der Waals surface area contributed by atoms with E-state index >= 15 is 0 Å². The van der Waals surface area contributed by atoms with E-state index in [2.05, 4.69) is 0 Å². The molecule has 0 unspecified atom stereocenters. The first-order chi connectivity index (χ1) is 6.49. The van der Waals surface area contributed by atoms with Crippen molar-refractivity contribution in [2.75, 3.05) is 0 Å². The van der Waals surface area contributed by atoms with Gasteiger partial charge in [-0.25, -0.2) is 4.39 Å². The molecular formula is C11H11FO2. The van der Waals surface area contributed by atoms with E-state index in [0.717, 1.165) is 0 Å². The maximum atomic E-state index is 13.3. The van der Waals surface area contributed by atoms with Crippen LogP contribution in [0.5, 0.6) is 5.75 Å². The van der Waals surface area contributed by atoms with Gasteiger partial charge in [-0.2, -0.15) is 0 Å². The van der Waals surface area contributed by atoms with Crippen LogP contribution in [-0.4, -0.2) is 11.4 Å². The van der Waals surface area contributed by atoms with Gasteiger partial charge in [-0.15, -0.1) is 0 Å². The summed E-state index contributed by atoms with van der Waals surface area (Å²) in [5.74, 6) is -0.437. The number of rotatable bonds is 0. The van der Waals surface area contributed by atoms with Crippen LogP contribution >= 0.6 is 0 Å². The van der Waals surface area contributed by atoms with Gasteiger partial charge in [0.1, 0.15) is 5.60 Å². The first-order valence-corrected chi connectivity index (χ1v) is 4.50. The van der Waals surface area contributed by atoms with E-state index in [0.29, 0.717) is 12.0 Å². The maximum Gasteiger partial charge on any atom is 0.170 e. The normalized spacial score (nSPS) is 18.6. The molecule has 1 aromatic carbocycles. The highest BCUT2D eigenvalue weighted by Crippen LogP contribution is 2.34. The number of ketones is 1. The minimum Gasteiger partial charge on any atom is -0.484 e. The SMILES string of the molecule is CC1(C)CC(=O)c2cccc(F)c2O1. The average molecular weight is 194 g/mol. The molecule has 74 valence electrons. The highest BCUT2D eigenvalue weighted by atomic mass is 19.1. The van der Waals surface area contributed by atoms with Gasteiger partial charge in [-0.1, -0.05) is 6.07 Å². The molecule has 0 bridgehead atoms. The van der Waals surface area contributed by atoms with E-state index in [1.165, 1.54) is 12.1 Å². The first-order valence-electron chi connectivity index (χ1n) is 4.50. The number of benzene rings is 1. The van der Waals surface area contributed by atoms with Crippen molar-refractivity contribution in [2.45, 2.75) is 25.9 Å². The van der Waals surface area contributed by atoms with Gasteiger partial charge in [-0.05, 0) is 26.0 Å². The van der Waals surface area contributed by atoms with E-state index in [9.17, 15) is 9.18 Å². The van der Waals surface area contributed by atoms with E-state index in [1.807, 2.05) is 0 Å². The number of ether oxygens (including phenoxy) is 1. The summed E-state index contributed by atoms with van der Waals surface area (Å²) in [4.78, 5) is 11.6. The fourth-order valence-corrected chi connectivity index (χ4v) is 1.63. The molecule has 0 aromatic heterocycles. The molecule has 1 heterocycles. The van der Waals surface area contributed by atoms with Crippen molar-refractivity contribution in [3.63, 3.8) is 0 Å². The smallest absolute Gasteiger partial charge is 0.170 e. The van der Waals surface area contributed by atoms with Gasteiger partial charge in [0.2, 0.25) is 0 Å². The first kappa shape index (κ1) is 9.19. The van der Waals surface area contributed by atoms with Crippen molar-refractivity contribution < 1.29 is 13.9 Å². The Morgan fingerprint density at radius 1 is 1.43 bits per heavy atom. The Morgan fingerprint density at radius 3 is 2.86 bits per heavy atom. The van der Waals surface area contributed by atoms with Gasteiger partial charge in [0.05, 0.1) is 12.0 Å². The number of carbonyl (C=O) groups is 1. The van der Waals surface area contributed by atoms with Crippen LogP contribution in [0.4, 0.5) is 4.39 Å². The second-order valence-electron chi connectivity index (χ2n) is 4.08. The van der Waals surface area contributed by atoms with Crippen LogP contribution in [0.3, 0.4) is 0 Å². The third-order valence-corrected chi connectivity index (χ3v) is 2.23. The lowest BCUT2D eigenvalue weighted by Gasteiger charge is -2.31. The molecule has 0 saturated carbocycles. The Labute approximate surface area is 81.7 Å². The number of para-hydroxylation sites is 1. The summed E-state index contributed by atoms with van der Waals surface area (Å²) in [5, 5.41) is 0. The van der Waals surface area contributed by atoms with Crippen molar-refractivity contribution in [1.82, 2.24) is 0 Å². The third kappa shape index (κ3) is 1.39. The second-order valence-corrected chi connectivity index (χ2v) is 4.08. The van der Waals surface area contributed by atoms with Crippen LogP contribution < -0.4 is 4.74 Å². The van der Waals surface area contributed by atoms with Crippen LogP contribution in [0.1, 0.15) is 30.6 Å². The highest BCUT2D eigenvalue weighted by molar-refractivity contribution is 6.00. The predicted octanol–water partition coefficient (Wildman–Crippen LogP) is 2.57. The second kappa shape index (κ2) is 2.80. The Morgan fingerprint density at radius 2 is 2.14 bits per heavy atom. The quantitative estimate of drug-likeness (QED) is 0.634. The van der Waals surface area contributed by atoms with Gasteiger partial charge in [0, 0.05) is 0 Å². The Kier molecular flexibility index (Phi) is 1.84. The molecule has 1 aliphatic heterocycles. The van der Waals surface area contributed by atoms with Crippen molar-refractivity contribution in [3.05, 3.63) is 29.6 Å². The van der Waals surface area contributed by atoms with E-state index in [1.54, 1.807) is 19.9 Å². The fourth-order valence-electron chi connectivity index (χ4n) is 1.63. The summed E-state index contributed by atoms with van der Waals surface area (Å²) in [6, 6.07) is 4.41. The number of halogens is 1. The lowest BCUT2D eigenvalue weighted by molar-refractivity contribution is 0.0593. The average Bonchev–Trinajstić information content (AvgIpc) is 2.05. The van der Waals surface area contributed by atoms with Gasteiger partial charge < -0.3 is 4.74 Å². The molecule has 0 N–H and O–H groups in total. The number of fused-ring (bicyclic) bond motifs is 1. The maximum absolute atomic E-state index is 13.3. The molecule has 0 aliphatic carbocycles. The predicted molar refractivity (Wildman–Crippen MR) is 50.1 cm³/mol. The number of carbonyl (C=O) groups excluding carboxylic acids is 1. The molecule has 0 saturated heterocycles. The van der Waals surface area contributed by atoms with Crippen LogP contribution in [0, 0.1) is 5.82 Å². The summed E-state index contributed by atoms with van der Waals surface area (Å²) in [7, 11) is 0. The van der Waals surface area contributed by atoms with Crippen LogP contribution in [0.2, 0.25) is 0 Å². The molecule has 3 heteroatoms. The minimum absolute atomic E-state index is 0.0595. The molecule has 14 heavy (non-hydrogen) atoms. The standard InChI is InChI=1S/C11H11FO2/c1-11(2)6-9(13)7-4-3-5-8(12)10(7)14-11/h3-5H,6H2,1-2H3. The Bertz CT molecular complexity index is 396. The summed E-state index contributed by atoms with van der Waals surface area (Å²) in [6.07, 6.45) is 0.295. The van der Waals surface area contributed by atoms with E-state index in [4.69, 9.17) is 4.74 Å². The zero-order chi connectivity index (χ0) is 10.3. The van der Waals surface area contributed by atoms with E-state index < -0.39 is 11.4 Å². The lowest BCUT2D eigenvalue weighted by atomic mass is 9.93. The molecule has 2 nitrogen and oxygen atoms in total. The van der Waals surface area contributed by atoms with Crippen molar-refractivity contribution >= 4 is 5.78 Å². The van der Waals surface area contributed by atoms with Gasteiger partial charge in [0.25, 0.3) is 0 Å². The van der Waals surface area contributed by atoms with Crippen molar-refractivity contribution in [3.8, 4) is 5.75 Å². The Balaban J connectivity index is 2.56. The van der Waals surface area contributed by atoms with E-state index in [-0.39, 0.29) is 11.5 Å². The molecule has 2 rings (SSSR count). The summed E-state index contributed by atoms with van der Waals surface area (Å²) >= 11 is 0. The number of Topliss-reactive ketones (excluding diaryl/α,β-unsaturated/α-hetero) is 1. The molecule has 0 amide bonds. The number of hydrogen-bond donors (Lipinski definition) is 0. The number of hydrogen-bond acceptors (Lipinski definition) is 2. The largest absolute Gasteiger partial charge is 0.484 e. The molecule has 0 fully saturated rings. The molecular weight excluding hydrogens is 183 g/mol. The van der Waals surface area contributed by atoms with Gasteiger partial charge in [0.15, 0.2) is 17.3 Å². The lowest BCUT2D eigenvalue weighted by Crippen LogP contribution is -2.36. The van der Waals surface area contributed by atoms with Crippen LogP contribution in [0.15, 0.2) is 18.2 Å². The fraction of sp³-hybridized carbons (Fsp3) is 0.364. The topological polar surface area (TPSA) is 26.3 Å². The summed E-state index contributed by atoms with van der Waals surface area (Å²) in [5.41, 5.74) is -0.254. The van der Waals surface area contributed by atoms with Gasteiger partial charge in [-0.3, -0.25) is 4.79 Å². The minimum atomic E-state index is -0.605. The molecule has 1 aromatic rings. The molecule has 0 spiro atoms. The monoisotopic (exact) mass is 194 g/mol.